The van der Waals surface area contributed by atoms with Crippen molar-refractivity contribution in [2.24, 2.45) is 0 Å². The third-order valence-electron chi connectivity index (χ3n) is 3.02. The first-order valence-corrected chi connectivity index (χ1v) is 8.68. The molecule has 0 unspecified atom stereocenters. The molecule has 1 aromatic heterocycles. The zero-order valence-electron chi connectivity index (χ0n) is 10.6. The monoisotopic (exact) mass is 348 g/mol. The molecule has 9 heteroatoms. The third kappa shape index (κ3) is 2.89. The summed E-state index contributed by atoms with van der Waals surface area (Å²) >= 11 is 6.97. The Labute approximate surface area is 130 Å². The minimum Gasteiger partial charge on any atom is -0.464 e. The average Bonchev–Trinajstić information content (AvgIpc) is 2.89. The van der Waals surface area contributed by atoms with Crippen LogP contribution in [0.2, 0.25) is 5.02 Å². The highest BCUT2D eigenvalue weighted by Gasteiger charge is 2.38. The molecule has 2 heterocycles. The Morgan fingerprint density at radius 3 is 2.81 bits per heavy atom. The fourth-order valence-electron chi connectivity index (χ4n) is 1.87. The molecule has 1 fully saturated rings. The van der Waals surface area contributed by atoms with Crippen molar-refractivity contribution >= 4 is 33.0 Å². The molecule has 1 aliphatic rings. The molecule has 0 aliphatic carbocycles. The fraction of sp³-hybridized carbons (Fsp3) is 0.250. The largest absolute Gasteiger partial charge is 0.464 e. The van der Waals surface area contributed by atoms with E-state index in [4.69, 9.17) is 16.3 Å². The van der Waals surface area contributed by atoms with Crippen molar-refractivity contribution < 1.29 is 17.5 Å². The topological polar surface area (TPSA) is 59.5 Å². The van der Waals surface area contributed by atoms with E-state index in [1.54, 1.807) is 11.6 Å². The average molecular weight is 349 g/mol. The van der Waals surface area contributed by atoms with E-state index in [2.05, 4.69) is 4.98 Å². The van der Waals surface area contributed by atoms with Gasteiger partial charge in [-0.1, -0.05) is 22.9 Å². The van der Waals surface area contributed by atoms with E-state index in [9.17, 15) is 12.8 Å². The van der Waals surface area contributed by atoms with Gasteiger partial charge in [0.05, 0.1) is 23.0 Å². The molecule has 2 aromatic rings. The van der Waals surface area contributed by atoms with E-state index in [0.717, 1.165) is 12.1 Å². The quantitative estimate of drug-likeness (QED) is 0.851. The highest BCUT2D eigenvalue weighted by molar-refractivity contribution is 7.89. The number of benzene rings is 1. The predicted octanol–water partition coefficient (Wildman–Crippen LogP) is 2.39. The molecular weight excluding hydrogens is 339 g/mol. The van der Waals surface area contributed by atoms with Crippen molar-refractivity contribution in [2.75, 3.05) is 13.1 Å². The maximum absolute atomic E-state index is 13.1. The normalized spacial score (nSPS) is 16.7. The van der Waals surface area contributed by atoms with Crippen molar-refractivity contribution in [1.82, 2.24) is 9.29 Å². The zero-order valence-corrected chi connectivity index (χ0v) is 13.0. The number of thiazole rings is 1. The second kappa shape index (κ2) is 5.53. The number of nitrogens with zero attached hydrogens (tertiary/aromatic N) is 2. The molecule has 112 valence electrons. The van der Waals surface area contributed by atoms with Crippen molar-refractivity contribution in [2.45, 2.75) is 11.0 Å². The summed E-state index contributed by atoms with van der Waals surface area (Å²) in [5.41, 5.74) is 0. The van der Waals surface area contributed by atoms with E-state index in [1.807, 2.05) is 0 Å². The molecule has 0 N–H and O–H groups in total. The van der Waals surface area contributed by atoms with Crippen LogP contribution in [0.1, 0.15) is 0 Å². The summed E-state index contributed by atoms with van der Waals surface area (Å²) in [6, 6.07) is 3.35. The summed E-state index contributed by atoms with van der Waals surface area (Å²) in [7, 11) is -3.67. The van der Waals surface area contributed by atoms with E-state index >= 15 is 0 Å². The van der Waals surface area contributed by atoms with Gasteiger partial charge in [0, 0.05) is 11.6 Å². The molecule has 0 bridgehead atoms. The molecule has 0 saturated carbocycles. The Balaban J connectivity index is 1.68. The van der Waals surface area contributed by atoms with Gasteiger partial charge in [-0.3, -0.25) is 0 Å². The van der Waals surface area contributed by atoms with Gasteiger partial charge in [-0.2, -0.15) is 4.31 Å². The molecule has 1 aromatic carbocycles. The van der Waals surface area contributed by atoms with Gasteiger partial charge in [0.1, 0.15) is 11.9 Å². The highest BCUT2D eigenvalue weighted by atomic mass is 35.5. The Morgan fingerprint density at radius 2 is 2.19 bits per heavy atom. The van der Waals surface area contributed by atoms with Crippen LogP contribution in [0.4, 0.5) is 4.39 Å². The molecule has 0 atom stereocenters. The molecule has 0 spiro atoms. The van der Waals surface area contributed by atoms with E-state index < -0.39 is 15.8 Å². The van der Waals surface area contributed by atoms with Gasteiger partial charge < -0.3 is 4.74 Å². The van der Waals surface area contributed by atoms with Crippen molar-refractivity contribution in [3.8, 4) is 5.19 Å². The SMILES string of the molecule is O=S(=O)(c1ccc(F)c(Cl)c1)N1CC(Oc2nccs2)C1. The third-order valence-corrected chi connectivity index (χ3v) is 5.80. The van der Waals surface area contributed by atoms with Crippen LogP contribution < -0.4 is 4.74 Å². The maximum Gasteiger partial charge on any atom is 0.273 e. The Hall–Kier alpha value is -1.22. The Morgan fingerprint density at radius 1 is 1.43 bits per heavy atom. The van der Waals surface area contributed by atoms with Gasteiger partial charge in [0.15, 0.2) is 0 Å². The molecule has 1 aliphatic heterocycles. The van der Waals surface area contributed by atoms with Crippen LogP contribution in [-0.4, -0.2) is 36.9 Å². The van der Waals surface area contributed by atoms with Gasteiger partial charge in [0.2, 0.25) is 10.0 Å². The second-order valence-corrected chi connectivity index (χ2v) is 7.64. The summed E-state index contributed by atoms with van der Waals surface area (Å²) in [5, 5.41) is 2.08. The highest BCUT2D eigenvalue weighted by Crippen LogP contribution is 2.27. The van der Waals surface area contributed by atoms with Gasteiger partial charge in [-0.25, -0.2) is 17.8 Å². The number of halogens is 2. The van der Waals surface area contributed by atoms with E-state index in [-0.39, 0.29) is 29.1 Å². The fourth-order valence-corrected chi connectivity index (χ4v) is 4.20. The first-order chi connectivity index (χ1) is 9.96. The Kier molecular flexibility index (Phi) is 3.87. The number of aromatic nitrogens is 1. The van der Waals surface area contributed by atoms with Crippen LogP contribution in [0.5, 0.6) is 5.19 Å². The Bertz CT molecular complexity index is 746. The lowest BCUT2D eigenvalue weighted by molar-refractivity contribution is 0.0759. The van der Waals surface area contributed by atoms with Crippen LogP contribution in [0.15, 0.2) is 34.7 Å². The number of hydrogen-bond acceptors (Lipinski definition) is 5. The molecule has 0 radical (unpaired) electrons. The smallest absolute Gasteiger partial charge is 0.273 e. The van der Waals surface area contributed by atoms with Crippen molar-refractivity contribution in [1.29, 1.82) is 0 Å². The van der Waals surface area contributed by atoms with Gasteiger partial charge in [0.25, 0.3) is 5.19 Å². The standard InChI is InChI=1S/C12H10ClFN2O3S2/c13-10-5-9(1-2-11(10)14)21(17,18)16-6-8(7-16)19-12-15-3-4-20-12/h1-5,8H,6-7H2. The lowest BCUT2D eigenvalue weighted by Crippen LogP contribution is -2.55. The van der Waals surface area contributed by atoms with Gasteiger partial charge in [-0.05, 0) is 18.2 Å². The molecule has 5 nitrogen and oxygen atoms in total. The number of ether oxygens (including phenoxy) is 1. The van der Waals surface area contributed by atoms with Crippen molar-refractivity contribution in [3.63, 3.8) is 0 Å². The van der Waals surface area contributed by atoms with Gasteiger partial charge in [-0.15, -0.1) is 0 Å². The second-order valence-electron chi connectivity index (χ2n) is 4.44. The number of rotatable bonds is 4. The number of sulfonamides is 1. The minimum absolute atomic E-state index is 0.0263. The summed E-state index contributed by atoms with van der Waals surface area (Å²) in [5.74, 6) is -0.649. The molecule has 1 saturated heterocycles. The van der Waals surface area contributed by atoms with Crippen LogP contribution in [-0.2, 0) is 10.0 Å². The molecule has 0 amide bonds. The first-order valence-electron chi connectivity index (χ1n) is 5.98. The molecule has 3 rings (SSSR count). The van der Waals surface area contributed by atoms with Crippen LogP contribution in [0.3, 0.4) is 0 Å². The zero-order chi connectivity index (χ0) is 15.0. The summed E-state index contributed by atoms with van der Waals surface area (Å²) in [6.45, 7) is 0.466. The van der Waals surface area contributed by atoms with Crippen molar-refractivity contribution in [3.05, 3.63) is 40.6 Å². The van der Waals surface area contributed by atoms with Crippen LogP contribution >= 0.6 is 22.9 Å². The minimum atomic E-state index is -3.67. The number of hydrogen-bond donors (Lipinski definition) is 0. The van der Waals surface area contributed by atoms with Gasteiger partial charge >= 0.3 is 0 Å². The predicted molar refractivity (Wildman–Crippen MR) is 76.7 cm³/mol. The van der Waals surface area contributed by atoms with E-state index in [0.29, 0.717) is 5.19 Å². The first kappa shape index (κ1) is 14.7. The lowest BCUT2D eigenvalue weighted by atomic mass is 10.2. The molecular formula is C12H10ClFN2O3S2. The summed E-state index contributed by atoms with van der Waals surface area (Å²) in [4.78, 5) is 3.95. The maximum atomic E-state index is 13.1. The molecule has 21 heavy (non-hydrogen) atoms. The van der Waals surface area contributed by atoms with Crippen LogP contribution in [0.25, 0.3) is 0 Å². The summed E-state index contributed by atoms with van der Waals surface area (Å²) < 4.78 is 44.5. The van der Waals surface area contributed by atoms with Crippen LogP contribution in [0, 0.1) is 5.82 Å². The van der Waals surface area contributed by atoms with E-state index in [1.165, 1.54) is 21.7 Å². The lowest BCUT2D eigenvalue weighted by Gasteiger charge is -2.37. The summed E-state index contributed by atoms with van der Waals surface area (Å²) in [6.07, 6.45) is 1.40.